The smallest absolute Gasteiger partial charge is 0.176 e. The summed E-state index contributed by atoms with van der Waals surface area (Å²) in [5.41, 5.74) is 5.83. The number of nitrogens with zero attached hydrogens (tertiary/aromatic N) is 6. The average molecular weight is 503 g/mol. The predicted octanol–water partition coefficient (Wildman–Crippen LogP) is 4.37. The zero-order valence-corrected chi connectivity index (χ0v) is 21.2. The number of fused-ring (bicyclic) bond motifs is 3. The normalized spacial score (nSPS) is 22.3. The van der Waals surface area contributed by atoms with Gasteiger partial charge < -0.3 is 5.11 Å². The van der Waals surface area contributed by atoms with Gasteiger partial charge in [0.25, 0.3) is 0 Å². The van der Waals surface area contributed by atoms with Gasteiger partial charge in [0.05, 0.1) is 23.6 Å². The number of carbonyl (C=O) groups is 1. The largest absolute Gasteiger partial charge is 0.392 e. The van der Waals surface area contributed by atoms with Crippen molar-refractivity contribution >= 4 is 5.78 Å². The van der Waals surface area contributed by atoms with E-state index in [1.165, 1.54) is 6.33 Å². The van der Waals surface area contributed by atoms with Crippen molar-refractivity contribution in [3.63, 3.8) is 0 Å². The molecule has 0 bridgehead atoms. The van der Waals surface area contributed by atoms with Crippen LogP contribution in [0.5, 0.6) is 0 Å². The van der Waals surface area contributed by atoms with Crippen LogP contribution < -0.4 is 0 Å². The SMILES string of the molecule is C[C@H]1C(=O)C(C#N)=C[C@@]2(C)c3c(c(-c4ccncn4)nn3-c3ccc(-c4cccc(CO)c4)cn3)CC[C@H]12. The first-order chi connectivity index (χ1) is 18.4. The highest BCUT2D eigenvalue weighted by Crippen LogP contribution is 2.51. The molecule has 188 valence electrons. The Hall–Kier alpha value is -4.48. The van der Waals surface area contributed by atoms with E-state index in [9.17, 15) is 15.2 Å². The number of benzene rings is 1. The van der Waals surface area contributed by atoms with Gasteiger partial charge in [-0.3, -0.25) is 4.79 Å². The molecule has 0 amide bonds. The van der Waals surface area contributed by atoms with Gasteiger partial charge >= 0.3 is 0 Å². The lowest BCUT2D eigenvalue weighted by Gasteiger charge is -2.45. The Morgan fingerprint density at radius 2 is 2.05 bits per heavy atom. The van der Waals surface area contributed by atoms with Crippen molar-refractivity contribution in [3.05, 3.63) is 89.7 Å². The van der Waals surface area contributed by atoms with Crippen LogP contribution in [0.4, 0.5) is 0 Å². The number of Topliss-reactive ketones (excluding diaryl/α,β-unsaturated/α-hetero) is 1. The number of ketones is 1. The lowest BCUT2D eigenvalue weighted by Crippen LogP contribution is -2.46. The summed E-state index contributed by atoms with van der Waals surface area (Å²) in [5.74, 6) is 0.316. The predicted molar refractivity (Wildman–Crippen MR) is 141 cm³/mol. The van der Waals surface area contributed by atoms with E-state index < -0.39 is 5.41 Å². The monoisotopic (exact) mass is 502 g/mol. The molecule has 3 heterocycles. The Morgan fingerprint density at radius 3 is 2.76 bits per heavy atom. The Kier molecular flexibility index (Phi) is 5.73. The molecule has 6 rings (SSSR count). The van der Waals surface area contributed by atoms with Crippen molar-refractivity contribution in [2.24, 2.45) is 11.8 Å². The number of hydrogen-bond acceptors (Lipinski definition) is 7. The fourth-order valence-electron chi connectivity index (χ4n) is 6.18. The first kappa shape index (κ1) is 23.9. The van der Waals surface area contributed by atoms with Gasteiger partial charge in [0.2, 0.25) is 0 Å². The first-order valence-corrected chi connectivity index (χ1v) is 12.7. The number of aromatic nitrogens is 5. The third kappa shape index (κ3) is 3.66. The van der Waals surface area contributed by atoms with Gasteiger partial charge in [-0.1, -0.05) is 38.1 Å². The molecular formula is C30H26N6O2. The second-order valence-corrected chi connectivity index (χ2v) is 10.2. The molecule has 0 unspecified atom stereocenters. The number of aliphatic hydroxyl groups is 1. The molecule has 1 N–H and O–H groups in total. The van der Waals surface area contributed by atoms with Crippen molar-refractivity contribution in [2.75, 3.05) is 0 Å². The number of allylic oxidation sites excluding steroid dienone is 2. The Balaban J connectivity index is 1.54. The van der Waals surface area contributed by atoms with Gasteiger partial charge in [-0.25, -0.2) is 19.6 Å². The van der Waals surface area contributed by atoms with Crippen molar-refractivity contribution in [3.8, 4) is 34.4 Å². The standard InChI is InChI=1S/C30H26N6O2/c1-18-24-8-7-23-27(25-10-11-32-17-34-25)35-36(29(23)30(24,2)13-22(14-31)28(18)38)26-9-6-21(15-33-26)20-5-3-4-19(12-20)16-37/h3-6,9-13,15,17-18,24,37H,7-8,16H2,1-2H3/t18-,24-,30-/m1/s1. The van der Waals surface area contributed by atoms with Gasteiger partial charge in [0, 0.05) is 34.9 Å². The van der Waals surface area contributed by atoms with Gasteiger partial charge in [-0.2, -0.15) is 10.4 Å². The molecule has 2 aliphatic rings. The quantitative estimate of drug-likeness (QED) is 0.440. The summed E-state index contributed by atoms with van der Waals surface area (Å²) >= 11 is 0. The molecule has 3 atom stereocenters. The van der Waals surface area contributed by atoms with Crippen molar-refractivity contribution < 1.29 is 9.90 Å². The van der Waals surface area contributed by atoms with E-state index in [1.54, 1.807) is 12.4 Å². The molecule has 38 heavy (non-hydrogen) atoms. The maximum Gasteiger partial charge on any atom is 0.176 e. The number of carbonyl (C=O) groups excluding carboxylic acids is 1. The van der Waals surface area contributed by atoms with Crippen molar-refractivity contribution in [2.45, 2.75) is 38.7 Å². The van der Waals surface area contributed by atoms with Gasteiger partial charge in [0.1, 0.15) is 18.1 Å². The second-order valence-electron chi connectivity index (χ2n) is 10.2. The van der Waals surface area contributed by atoms with Crippen LogP contribution in [-0.4, -0.2) is 35.6 Å². The molecule has 1 aromatic carbocycles. The van der Waals surface area contributed by atoms with Gasteiger partial charge in [0.15, 0.2) is 11.6 Å². The molecular weight excluding hydrogens is 476 g/mol. The molecule has 8 nitrogen and oxygen atoms in total. The van der Waals surface area contributed by atoms with Crippen LogP contribution in [0.25, 0.3) is 28.3 Å². The van der Waals surface area contributed by atoms with Crippen LogP contribution in [0.15, 0.2) is 72.8 Å². The summed E-state index contributed by atoms with van der Waals surface area (Å²) in [6.45, 7) is 4.01. The molecule has 8 heteroatoms. The summed E-state index contributed by atoms with van der Waals surface area (Å²) in [6, 6.07) is 15.6. The van der Waals surface area contributed by atoms with Crippen LogP contribution in [0.2, 0.25) is 0 Å². The fraction of sp³-hybridized carbons (Fsp3) is 0.267. The molecule has 2 aliphatic carbocycles. The van der Waals surface area contributed by atoms with Crippen LogP contribution in [0, 0.1) is 23.2 Å². The van der Waals surface area contributed by atoms with Crippen LogP contribution in [0.1, 0.15) is 37.1 Å². The molecule has 3 aromatic heterocycles. The maximum atomic E-state index is 12.9. The summed E-state index contributed by atoms with van der Waals surface area (Å²) in [7, 11) is 0. The van der Waals surface area contributed by atoms with E-state index in [0.717, 1.165) is 52.2 Å². The van der Waals surface area contributed by atoms with Gasteiger partial charge in [-0.05, 0) is 54.2 Å². The Bertz CT molecular complexity index is 1620. The number of aliphatic hydroxyl groups excluding tert-OH is 1. The summed E-state index contributed by atoms with van der Waals surface area (Å²) < 4.78 is 1.86. The van der Waals surface area contributed by atoms with E-state index in [2.05, 4.69) is 23.0 Å². The summed E-state index contributed by atoms with van der Waals surface area (Å²) in [6.07, 6.45) is 8.41. The highest BCUT2D eigenvalue weighted by Gasteiger charge is 2.51. The number of nitriles is 1. The van der Waals surface area contributed by atoms with Crippen molar-refractivity contribution in [1.82, 2.24) is 24.7 Å². The van der Waals surface area contributed by atoms with Gasteiger partial charge in [-0.15, -0.1) is 0 Å². The third-order valence-corrected chi connectivity index (χ3v) is 8.05. The first-order valence-electron chi connectivity index (χ1n) is 12.7. The zero-order valence-electron chi connectivity index (χ0n) is 21.2. The molecule has 0 aliphatic heterocycles. The van der Waals surface area contributed by atoms with Crippen LogP contribution in [-0.2, 0) is 23.2 Å². The lowest BCUT2D eigenvalue weighted by molar-refractivity contribution is -0.121. The molecule has 0 saturated carbocycles. The fourth-order valence-corrected chi connectivity index (χ4v) is 6.18. The Morgan fingerprint density at radius 1 is 1.18 bits per heavy atom. The van der Waals surface area contributed by atoms with E-state index in [-0.39, 0.29) is 29.8 Å². The minimum absolute atomic E-state index is 0.0243. The number of rotatable bonds is 4. The maximum absolute atomic E-state index is 12.9. The van der Waals surface area contributed by atoms with Crippen molar-refractivity contribution in [1.29, 1.82) is 5.26 Å². The van der Waals surface area contributed by atoms with Crippen LogP contribution >= 0.6 is 0 Å². The number of pyridine rings is 1. The second kappa shape index (κ2) is 9.12. The minimum atomic E-state index is -0.583. The molecule has 4 aromatic rings. The molecule has 0 spiro atoms. The third-order valence-electron chi connectivity index (χ3n) is 8.05. The zero-order chi connectivity index (χ0) is 26.4. The van der Waals surface area contributed by atoms with E-state index in [4.69, 9.17) is 10.1 Å². The average Bonchev–Trinajstić information content (AvgIpc) is 3.37. The Labute approximate surface area is 220 Å². The number of hydrogen-bond donors (Lipinski definition) is 1. The lowest BCUT2D eigenvalue weighted by atomic mass is 9.58. The van der Waals surface area contributed by atoms with E-state index in [0.29, 0.717) is 5.82 Å². The molecule has 0 radical (unpaired) electrons. The summed E-state index contributed by atoms with van der Waals surface area (Å²) in [5, 5.41) is 24.3. The summed E-state index contributed by atoms with van der Waals surface area (Å²) in [4.78, 5) is 26.2. The topological polar surface area (TPSA) is 118 Å². The van der Waals surface area contributed by atoms with E-state index >= 15 is 0 Å². The minimum Gasteiger partial charge on any atom is -0.392 e. The molecule has 0 fully saturated rings. The van der Waals surface area contributed by atoms with Crippen LogP contribution in [0.3, 0.4) is 0 Å². The highest BCUT2D eigenvalue weighted by atomic mass is 16.3. The molecule has 0 saturated heterocycles. The van der Waals surface area contributed by atoms with E-state index in [1.807, 2.05) is 60.1 Å². The highest BCUT2D eigenvalue weighted by molar-refractivity contribution is 6.02.